The maximum Gasteiger partial charge on any atom is 0.265 e. The molecule has 2 aromatic rings. The van der Waals surface area contributed by atoms with Crippen molar-refractivity contribution in [3.05, 3.63) is 65.2 Å². The Kier molecular flexibility index (Phi) is 5.02. The third kappa shape index (κ3) is 3.73. The number of ether oxygens (including phenoxy) is 1. The van der Waals surface area contributed by atoms with Crippen LogP contribution >= 0.6 is 0 Å². The van der Waals surface area contributed by atoms with Gasteiger partial charge in [-0.25, -0.2) is 4.18 Å². The molecule has 1 aliphatic rings. The molecule has 1 unspecified atom stereocenters. The summed E-state index contributed by atoms with van der Waals surface area (Å²) < 4.78 is 34.4. The van der Waals surface area contributed by atoms with E-state index in [2.05, 4.69) is 5.32 Å². The molecule has 7 heteroatoms. The third-order valence-corrected chi connectivity index (χ3v) is 5.04. The molecule has 0 fully saturated rings. The van der Waals surface area contributed by atoms with E-state index in [0.717, 1.165) is 17.4 Å². The minimum Gasteiger partial charge on any atom is -0.497 e. The van der Waals surface area contributed by atoms with Crippen LogP contribution in [-0.2, 0) is 37.7 Å². The maximum atomic E-state index is 13.0. The second-order valence-electron chi connectivity index (χ2n) is 6.31. The standard InChI is InChI=1S/C19H21NO5S/c1-24-16-9-8-15-10-11-19(17(15)12-16,25-26(2,22)23)18(21)20-13-14-6-4-3-5-7-14/h3-9,12H,10-11,13H2,1-2H3,(H,20,21). The second kappa shape index (κ2) is 7.09. The Bertz CT molecular complexity index is 911. The molecule has 1 amide bonds. The molecule has 3 rings (SSSR count). The van der Waals surface area contributed by atoms with Crippen LogP contribution in [0.1, 0.15) is 23.1 Å². The Hall–Kier alpha value is -2.38. The number of hydrogen-bond donors (Lipinski definition) is 1. The lowest BCUT2D eigenvalue weighted by Crippen LogP contribution is -2.46. The van der Waals surface area contributed by atoms with Gasteiger partial charge >= 0.3 is 0 Å². The number of fused-ring (bicyclic) bond motifs is 1. The van der Waals surface area contributed by atoms with E-state index in [-0.39, 0.29) is 13.0 Å². The molecule has 0 aromatic heterocycles. The molecule has 0 heterocycles. The molecular weight excluding hydrogens is 354 g/mol. The first kappa shape index (κ1) is 18.4. The fraction of sp³-hybridized carbons (Fsp3) is 0.316. The van der Waals surface area contributed by atoms with Gasteiger partial charge in [-0.15, -0.1) is 0 Å². The molecule has 0 saturated carbocycles. The van der Waals surface area contributed by atoms with Crippen molar-refractivity contribution in [2.45, 2.75) is 25.0 Å². The highest BCUT2D eigenvalue weighted by molar-refractivity contribution is 7.86. The number of amides is 1. The second-order valence-corrected chi connectivity index (χ2v) is 7.88. The molecule has 2 aromatic carbocycles. The van der Waals surface area contributed by atoms with Crippen LogP contribution < -0.4 is 10.1 Å². The van der Waals surface area contributed by atoms with Crippen molar-refractivity contribution in [2.24, 2.45) is 0 Å². The zero-order valence-electron chi connectivity index (χ0n) is 14.7. The molecule has 0 saturated heterocycles. The topological polar surface area (TPSA) is 81.7 Å². The van der Waals surface area contributed by atoms with Crippen LogP contribution in [0.15, 0.2) is 48.5 Å². The first-order valence-corrected chi connectivity index (χ1v) is 10.1. The van der Waals surface area contributed by atoms with E-state index in [4.69, 9.17) is 8.92 Å². The number of methoxy groups -OCH3 is 1. The lowest BCUT2D eigenvalue weighted by molar-refractivity contribution is -0.137. The molecular formula is C19H21NO5S. The molecule has 6 nitrogen and oxygen atoms in total. The number of rotatable bonds is 6. The van der Waals surface area contributed by atoms with Gasteiger partial charge in [-0.2, -0.15) is 8.42 Å². The summed E-state index contributed by atoms with van der Waals surface area (Å²) in [5.74, 6) is 0.0711. The minimum atomic E-state index is -3.86. The maximum absolute atomic E-state index is 13.0. The zero-order valence-corrected chi connectivity index (χ0v) is 15.5. The van der Waals surface area contributed by atoms with E-state index < -0.39 is 21.6 Å². The van der Waals surface area contributed by atoms with Crippen molar-refractivity contribution >= 4 is 16.0 Å². The summed E-state index contributed by atoms with van der Waals surface area (Å²) in [7, 11) is -2.34. The predicted molar refractivity (Wildman–Crippen MR) is 97.2 cm³/mol. The van der Waals surface area contributed by atoms with Crippen molar-refractivity contribution in [3.63, 3.8) is 0 Å². The SMILES string of the molecule is COc1ccc2c(c1)C(OS(C)(=O)=O)(C(=O)NCc1ccccc1)CC2. The van der Waals surface area contributed by atoms with Crippen molar-refractivity contribution in [2.75, 3.05) is 13.4 Å². The minimum absolute atomic E-state index is 0.253. The van der Waals surface area contributed by atoms with Crippen molar-refractivity contribution in [3.8, 4) is 5.75 Å². The van der Waals surface area contributed by atoms with Crippen LogP contribution in [0.2, 0.25) is 0 Å². The summed E-state index contributed by atoms with van der Waals surface area (Å²) in [6.07, 6.45) is 1.76. The number of benzene rings is 2. The smallest absolute Gasteiger partial charge is 0.265 e. The van der Waals surface area contributed by atoms with E-state index in [1.807, 2.05) is 36.4 Å². The average molecular weight is 375 g/mol. The monoisotopic (exact) mass is 375 g/mol. The highest BCUT2D eigenvalue weighted by atomic mass is 32.2. The van der Waals surface area contributed by atoms with Crippen molar-refractivity contribution in [1.82, 2.24) is 5.32 Å². The number of carbonyl (C=O) groups excluding carboxylic acids is 1. The van der Waals surface area contributed by atoms with Gasteiger partial charge in [0.15, 0.2) is 5.60 Å². The normalized spacial score (nSPS) is 19.0. The lowest BCUT2D eigenvalue weighted by atomic mass is 9.94. The molecule has 1 aliphatic carbocycles. The van der Waals surface area contributed by atoms with Gasteiger partial charge in [-0.05, 0) is 36.1 Å². The average Bonchev–Trinajstić information content (AvgIpc) is 2.97. The van der Waals surface area contributed by atoms with E-state index in [1.54, 1.807) is 12.1 Å². The van der Waals surface area contributed by atoms with E-state index >= 15 is 0 Å². The molecule has 138 valence electrons. The number of carbonyl (C=O) groups is 1. The van der Waals surface area contributed by atoms with Gasteiger partial charge in [-0.1, -0.05) is 36.4 Å². The summed E-state index contributed by atoms with van der Waals surface area (Å²) in [5, 5.41) is 2.81. The van der Waals surface area contributed by atoms with E-state index in [0.29, 0.717) is 17.7 Å². The molecule has 1 atom stereocenters. The molecule has 0 radical (unpaired) electrons. The van der Waals surface area contributed by atoms with Crippen LogP contribution in [0.4, 0.5) is 0 Å². The van der Waals surface area contributed by atoms with Crippen LogP contribution in [0, 0.1) is 0 Å². The Morgan fingerprint density at radius 2 is 1.92 bits per heavy atom. The van der Waals surface area contributed by atoms with Gasteiger partial charge in [0.2, 0.25) is 0 Å². The molecule has 0 aliphatic heterocycles. The van der Waals surface area contributed by atoms with Gasteiger partial charge in [0.05, 0.1) is 13.4 Å². The number of aryl methyl sites for hydroxylation is 1. The van der Waals surface area contributed by atoms with Crippen molar-refractivity contribution in [1.29, 1.82) is 0 Å². The Morgan fingerprint density at radius 3 is 2.58 bits per heavy atom. The summed E-state index contributed by atoms with van der Waals surface area (Å²) >= 11 is 0. The van der Waals surface area contributed by atoms with Gasteiger partial charge in [0, 0.05) is 12.1 Å². The fourth-order valence-electron chi connectivity index (χ4n) is 3.26. The third-order valence-electron chi connectivity index (χ3n) is 4.45. The van der Waals surface area contributed by atoms with Crippen molar-refractivity contribution < 1.29 is 22.1 Å². The van der Waals surface area contributed by atoms with Gasteiger partial charge in [0.1, 0.15) is 5.75 Å². The van der Waals surface area contributed by atoms with Gasteiger partial charge < -0.3 is 10.1 Å². The van der Waals surface area contributed by atoms with E-state index in [1.165, 1.54) is 7.11 Å². The summed E-state index contributed by atoms with van der Waals surface area (Å²) in [6, 6.07) is 14.7. The largest absolute Gasteiger partial charge is 0.497 e. The van der Waals surface area contributed by atoms with Gasteiger partial charge in [-0.3, -0.25) is 4.79 Å². The van der Waals surface area contributed by atoms with Crippen LogP contribution in [0.3, 0.4) is 0 Å². The highest BCUT2D eigenvalue weighted by Gasteiger charge is 2.49. The summed E-state index contributed by atoms with van der Waals surface area (Å²) in [4.78, 5) is 13.0. The number of nitrogens with one attached hydrogen (secondary N) is 1. The fourth-order valence-corrected chi connectivity index (χ4v) is 4.03. The van der Waals surface area contributed by atoms with Gasteiger partial charge in [0.25, 0.3) is 16.0 Å². The Balaban J connectivity index is 1.95. The Morgan fingerprint density at radius 1 is 1.19 bits per heavy atom. The van der Waals surface area contributed by atoms with E-state index in [9.17, 15) is 13.2 Å². The van der Waals surface area contributed by atoms with Crippen LogP contribution in [0.5, 0.6) is 5.75 Å². The molecule has 1 N–H and O–H groups in total. The first-order chi connectivity index (χ1) is 12.3. The molecule has 26 heavy (non-hydrogen) atoms. The highest BCUT2D eigenvalue weighted by Crippen LogP contribution is 2.43. The van der Waals surface area contributed by atoms with Crippen LogP contribution in [0.25, 0.3) is 0 Å². The zero-order chi connectivity index (χ0) is 18.8. The summed E-state index contributed by atoms with van der Waals surface area (Å²) in [6.45, 7) is 0.286. The first-order valence-electron chi connectivity index (χ1n) is 8.24. The molecule has 0 spiro atoms. The van der Waals surface area contributed by atoms with Crippen LogP contribution in [-0.4, -0.2) is 27.7 Å². The predicted octanol–water partition coefficient (Wildman–Crippen LogP) is 2.13. The number of hydrogen-bond acceptors (Lipinski definition) is 5. The summed E-state index contributed by atoms with van der Waals surface area (Å²) in [5.41, 5.74) is 0.753. The quantitative estimate of drug-likeness (QED) is 0.782. The Labute approximate surface area is 153 Å². The lowest BCUT2D eigenvalue weighted by Gasteiger charge is -2.28. The molecule has 0 bridgehead atoms.